The first-order valence-corrected chi connectivity index (χ1v) is 4.56. The molecule has 0 amide bonds. The highest BCUT2D eigenvalue weighted by Gasteiger charge is 2.01. The Bertz CT molecular complexity index is 491. The molecule has 15 heavy (non-hydrogen) atoms. The average molecular weight is 198 g/mol. The van der Waals surface area contributed by atoms with Crippen LogP contribution in [0.15, 0.2) is 36.5 Å². The number of aromatic amines is 1. The fourth-order valence-electron chi connectivity index (χ4n) is 1.41. The Labute approximate surface area is 87.9 Å². The second kappa shape index (κ2) is 3.89. The number of nitriles is 1. The van der Waals surface area contributed by atoms with Crippen LogP contribution < -0.4 is 4.74 Å². The van der Waals surface area contributed by atoms with E-state index in [-0.39, 0.29) is 0 Å². The van der Waals surface area contributed by atoms with Gasteiger partial charge in [0, 0.05) is 11.8 Å². The summed E-state index contributed by atoms with van der Waals surface area (Å²) in [7, 11) is 1.64. The van der Waals surface area contributed by atoms with Gasteiger partial charge in [0.1, 0.15) is 17.5 Å². The normalized spacial score (nSPS) is 9.60. The third kappa shape index (κ3) is 1.84. The van der Waals surface area contributed by atoms with E-state index >= 15 is 0 Å². The third-order valence-electron chi connectivity index (χ3n) is 2.23. The van der Waals surface area contributed by atoms with Crippen LogP contribution in [-0.4, -0.2) is 12.1 Å². The maximum absolute atomic E-state index is 8.68. The number of benzene rings is 1. The van der Waals surface area contributed by atoms with Crippen molar-refractivity contribution in [1.82, 2.24) is 4.98 Å². The Kier molecular flexibility index (Phi) is 2.42. The molecule has 0 saturated heterocycles. The molecular formula is C12H10N2O. The van der Waals surface area contributed by atoms with Gasteiger partial charge in [-0.05, 0) is 23.8 Å². The minimum atomic E-state index is 0.570. The van der Waals surface area contributed by atoms with Gasteiger partial charge in [0.15, 0.2) is 0 Å². The van der Waals surface area contributed by atoms with Crippen LogP contribution in [-0.2, 0) is 0 Å². The Morgan fingerprint density at radius 1 is 1.20 bits per heavy atom. The number of hydrogen-bond acceptors (Lipinski definition) is 2. The highest BCUT2D eigenvalue weighted by molar-refractivity contribution is 5.65. The van der Waals surface area contributed by atoms with E-state index in [1.165, 1.54) is 0 Å². The van der Waals surface area contributed by atoms with Crippen molar-refractivity contribution >= 4 is 0 Å². The molecule has 0 fully saturated rings. The number of hydrogen-bond donors (Lipinski definition) is 1. The van der Waals surface area contributed by atoms with Crippen LogP contribution in [0.5, 0.6) is 5.75 Å². The van der Waals surface area contributed by atoms with Gasteiger partial charge in [-0.2, -0.15) is 5.26 Å². The number of ether oxygens (including phenoxy) is 1. The van der Waals surface area contributed by atoms with Crippen LogP contribution in [0, 0.1) is 11.3 Å². The molecule has 1 aromatic heterocycles. The second-order valence-electron chi connectivity index (χ2n) is 3.14. The molecular weight excluding hydrogens is 188 g/mol. The van der Waals surface area contributed by atoms with E-state index in [1.807, 2.05) is 36.5 Å². The average Bonchev–Trinajstić information content (AvgIpc) is 2.78. The van der Waals surface area contributed by atoms with Gasteiger partial charge in [0.2, 0.25) is 0 Å². The molecule has 1 aromatic carbocycles. The predicted molar refractivity (Wildman–Crippen MR) is 57.5 cm³/mol. The maximum atomic E-state index is 8.68. The zero-order valence-electron chi connectivity index (χ0n) is 8.32. The van der Waals surface area contributed by atoms with Gasteiger partial charge in [-0.25, -0.2) is 0 Å². The van der Waals surface area contributed by atoms with Crippen molar-refractivity contribution in [2.45, 2.75) is 0 Å². The summed E-state index contributed by atoms with van der Waals surface area (Å²) >= 11 is 0. The lowest BCUT2D eigenvalue weighted by Gasteiger charge is -2.00. The highest BCUT2D eigenvalue weighted by Crippen LogP contribution is 2.22. The Morgan fingerprint density at radius 3 is 2.47 bits per heavy atom. The van der Waals surface area contributed by atoms with E-state index in [1.54, 1.807) is 7.11 Å². The summed E-state index contributed by atoms with van der Waals surface area (Å²) in [5.74, 6) is 0.829. The maximum Gasteiger partial charge on any atom is 0.118 e. The van der Waals surface area contributed by atoms with Gasteiger partial charge in [0.05, 0.1) is 7.11 Å². The minimum Gasteiger partial charge on any atom is -0.497 e. The third-order valence-corrected chi connectivity index (χ3v) is 2.23. The van der Waals surface area contributed by atoms with Crippen LogP contribution in [0.3, 0.4) is 0 Å². The molecule has 1 heterocycles. The van der Waals surface area contributed by atoms with E-state index in [0.717, 1.165) is 16.9 Å². The summed E-state index contributed by atoms with van der Waals surface area (Å²) in [6.07, 6.45) is 1.82. The van der Waals surface area contributed by atoms with Crippen LogP contribution in [0.1, 0.15) is 5.69 Å². The molecule has 2 rings (SSSR count). The lowest BCUT2D eigenvalue weighted by Crippen LogP contribution is -1.81. The van der Waals surface area contributed by atoms with Crippen molar-refractivity contribution in [3.63, 3.8) is 0 Å². The monoisotopic (exact) mass is 198 g/mol. The van der Waals surface area contributed by atoms with Gasteiger partial charge in [0.25, 0.3) is 0 Å². The number of nitrogens with one attached hydrogen (secondary N) is 1. The van der Waals surface area contributed by atoms with Crippen LogP contribution >= 0.6 is 0 Å². The number of methoxy groups -OCH3 is 1. The topological polar surface area (TPSA) is 48.8 Å². The van der Waals surface area contributed by atoms with Crippen LogP contribution in [0.2, 0.25) is 0 Å². The molecule has 0 saturated carbocycles. The summed E-state index contributed by atoms with van der Waals surface area (Å²) in [6, 6.07) is 11.6. The zero-order chi connectivity index (χ0) is 10.7. The van der Waals surface area contributed by atoms with Gasteiger partial charge in [-0.1, -0.05) is 12.1 Å². The van der Waals surface area contributed by atoms with E-state index in [0.29, 0.717) is 5.69 Å². The highest BCUT2D eigenvalue weighted by atomic mass is 16.5. The molecule has 0 aliphatic rings. The molecule has 0 aliphatic heterocycles. The number of nitrogens with zero attached hydrogens (tertiary/aromatic N) is 1. The lowest BCUT2D eigenvalue weighted by atomic mass is 10.1. The molecule has 0 bridgehead atoms. The smallest absolute Gasteiger partial charge is 0.118 e. The molecule has 3 nitrogen and oxygen atoms in total. The van der Waals surface area contributed by atoms with E-state index in [9.17, 15) is 0 Å². The minimum absolute atomic E-state index is 0.570. The molecule has 1 N–H and O–H groups in total. The molecule has 0 unspecified atom stereocenters. The fraction of sp³-hybridized carbons (Fsp3) is 0.0833. The first-order valence-electron chi connectivity index (χ1n) is 4.56. The Hall–Kier alpha value is -2.21. The SMILES string of the molecule is COc1ccc(-c2c[nH]c(C#N)c2)cc1. The van der Waals surface area contributed by atoms with Gasteiger partial charge >= 0.3 is 0 Å². The summed E-state index contributed by atoms with van der Waals surface area (Å²) in [6.45, 7) is 0. The molecule has 3 heteroatoms. The fourth-order valence-corrected chi connectivity index (χ4v) is 1.41. The summed E-state index contributed by atoms with van der Waals surface area (Å²) in [5, 5.41) is 8.68. The first-order chi connectivity index (χ1) is 7.33. The number of aromatic nitrogens is 1. The van der Waals surface area contributed by atoms with Crippen molar-refractivity contribution in [3.8, 4) is 22.9 Å². The van der Waals surface area contributed by atoms with Gasteiger partial charge < -0.3 is 9.72 Å². The zero-order valence-corrected chi connectivity index (χ0v) is 8.32. The quantitative estimate of drug-likeness (QED) is 0.806. The predicted octanol–water partition coefficient (Wildman–Crippen LogP) is 2.56. The van der Waals surface area contributed by atoms with E-state index < -0.39 is 0 Å². The summed E-state index contributed by atoms with van der Waals surface area (Å²) in [5.41, 5.74) is 2.64. The van der Waals surface area contributed by atoms with Gasteiger partial charge in [-0.15, -0.1) is 0 Å². The van der Waals surface area contributed by atoms with Crippen molar-refractivity contribution in [1.29, 1.82) is 5.26 Å². The summed E-state index contributed by atoms with van der Waals surface area (Å²) < 4.78 is 5.07. The van der Waals surface area contributed by atoms with E-state index in [4.69, 9.17) is 10.00 Å². The Balaban J connectivity index is 2.33. The standard InChI is InChI=1S/C12H10N2O/c1-15-12-4-2-9(3-5-12)10-6-11(7-13)14-8-10/h2-6,8,14H,1H3. The molecule has 0 aliphatic carbocycles. The Morgan fingerprint density at radius 2 is 1.93 bits per heavy atom. The van der Waals surface area contributed by atoms with Crippen LogP contribution in [0.25, 0.3) is 11.1 Å². The summed E-state index contributed by atoms with van der Waals surface area (Å²) in [4.78, 5) is 2.89. The first kappa shape index (κ1) is 9.35. The van der Waals surface area contributed by atoms with Crippen molar-refractivity contribution < 1.29 is 4.74 Å². The molecule has 0 atom stereocenters. The number of rotatable bonds is 2. The van der Waals surface area contributed by atoms with E-state index in [2.05, 4.69) is 11.1 Å². The van der Waals surface area contributed by atoms with Crippen LogP contribution in [0.4, 0.5) is 0 Å². The molecule has 0 radical (unpaired) electrons. The second-order valence-corrected chi connectivity index (χ2v) is 3.14. The number of H-pyrrole nitrogens is 1. The molecule has 0 spiro atoms. The molecule has 74 valence electrons. The van der Waals surface area contributed by atoms with Crippen molar-refractivity contribution in [3.05, 3.63) is 42.2 Å². The lowest BCUT2D eigenvalue weighted by molar-refractivity contribution is 0.415. The molecule has 2 aromatic rings. The van der Waals surface area contributed by atoms with Crippen molar-refractivity contribution in [2.24, 2.45) is 0 Å². The van der Waals surface area contributed by atoms with Gasteiger partial charge in [-0.3, -0.25) is 0 Å². The largest absolute Gasteiger partial charge is 0.497 e. The van der Waals surface area contributed by atoms with Crippen molar-refractivity contribution in [2.75, 3.05) is 7.11 Å².